The van der Waals surface area contributed by atoms with Crippen LogP contribution in [-0.2, 0) is 16.0 Å². The number of thiophene rings is 2. The van der Waals surface area contributed by atoms with E-state index in [2.05, 4.69) is 0 Å². The Morgan fingerprint density at radius 3 is 1.81 bits per heavy atom. The molecule has 4 rings (SSSR count). The number of ether oxygens (including phenoxy) is 4. The lowest BCUT2D eigenvalue weighted by molar-refractivity contribution is -0.142. The van der Waals surface area contributed by atoms with Crippen LogP contribution < -0.4 is 18.9 Å². The van der Waals surface area contributed by atoms with Crippen molar-refractivity contribution in [3.05, 3.63) is 44.1 Å². The quantitative estimate of drug-likeness (QED) is 0.0961. The van der Waals surface area contributed by atoms with Crippen LogP contribution >= 0.6 is 45.9 Å². The van der Waals surface area contributed by atoms with Gasteiger partial charge in [-0.15, -0.1) is 22.7 Å². The fourth-order valence-corrected chi connectivity index (χ4v) is 7.20. The van der Waals surface area contributed by atoms with Gasteiger partial charge >= 0.3 is 11.9 Å². The van der Waals surface area contributed by atoms with E-state index >= 15 is 0 Å². The van der Waals surface area contributed by atoms with Crippen molar-refractivity contribution in [3.63, 3.8) is 0 Å². The monoisotopic (exact) mass is 668 g/mol. The van der Waals surface area contributed by atoms with Crippen LogP contribution in [0, 0.1) is 11.8 Å². The number of ketones is 1. The van der Waals surface area contributed by atoms with Crippen LogP contribution in [0.2, 0.25) is 10.0 Å². The second-order valence-electron chi connectivity index (χ2n) is 9.93. The van der Waals surface area contributed by atoms with Gasteiger partial charge in [0.15, 0.2) is 28.8 Å². The van der Waals surface area contributed by atoms with Gasteiger partial charge in [-0.3, -0.25) is 14.4 Å². The van der Waals surface area contributed by atoms with E-state index in [9.17, 15) is 19.5 Å². The number of carboxylic acids is 2. The van der Waals surface area contributed by atoms with E-state index in [-0.39, 0.29) is 36.2 Å². The maximum absolute atomic E-state index is 12.7. The molecular formula is C30H30Cl2O9S2. The molecule has 0 saturated carbocycles. The number of Topliss-reactive ketones (excluding diaryl/α,β-unsaturated/α-hetero) is 1. The van der Waals surface area contributed by atoms with Crippen LogP contribution in [0.15, 0.2) is 24.3 Å². The lowest BCUT2D eigenvalue weighted by Gasteiger charge is -2.15. The first-order chi connectivity index (χ1) is 20.4. The van der Waals surface area contributed by atoms with E-state index in [0.717, 1.165) is 15.0 Å². The fourth-order valence-electron chi connectivity index (χ4n) is 4.32. The predicted octanol–water partition coefficient (Wildman–Crippen LogP) is 7.84. The van der Waals surface area contributed by atoms with Crippen molar-refractivity contribution in [1.82, 2.24) is 0 Å². The molecule has 0 fully saturated rings. The zero-order chi connectivity index (χ0) is 31.4. The molecule has 4 aromatic rings. The molecule has 0 bridgehead atoms. The van der Waals surface area contributed by atoms with Crippen LogP contribution in [0.25, 0.3) is 20.2 Å². The van der Waals surface area contributed by atoms with Crippen molar-refractivity contribution in [2.45, 2.75) is 33.1 Å². The summed E-state index contributed by atoms with van der Waals surface area (Å²) >= 11 is 16.2. The highest BCUT2D eigenvalue weighted by Gasteiger charge is 2.23. The second-order valence-corrected chi connectivity index (χ2v) is 12.9. The molecule has 0 radical (unpaired) electrons. The Morgan fingerprint density at radius 2 is 1.30 bits per heavy atom. The number of hydrogen-bond acceptors (Lipinski definition) is 9. The van der Waals surface area contributed by atoms with E-state index in [1.54, 1.807) is 19.1 Å². The van der Waals surface area contributed by atoms with E-state index in [0.29, 0.717) is 50.1 Å². The summed E-state index contributed by atoms with van der Waals surface area (Å²) in [6.07, 6.45) is 1.01. The van der Waals surface area contributed by atoms with Gasteiger partial charge in [-0.05, 0) is 25.0 Å². The Bertz CT molecular complexity index is 1680. The number of hydrogen-bond donors (Lipinski definition) is 2. The Labute approximate surface area is 265 Å². The third-order valence-electron chi connectivity index (χ3n) is 6.87. The molecule has 9 nitrogen and oxygen atoms in total. The third-order valence-corrected chi connectivity index (χ3v) is 9.88. The van der Waals surface area contributed by atoms with Gasteiger partial charge in [-0.2, -0.15) is 0 Å². The molecule has 13 heteroatoms. The van der Waals surface area contributed by atoms with Gasteiger partial charge in [0.2, 0.25) is 0 Å². The molecule has 43 heavy (non-hydrogen) atoms. The van der Waals surface area contributed by atoms with E-state index in [4.69, 9.17) is 47.3 Å². The topological polar surface area (TPSA) is 129 Å². The third kappa shape index (κ3) is 7.29. The fraction of sp³-hybridized carbons (Fsp3) is 0.367. The molecule has 2 aromatic heterocycles. The van der Waals surface area contributed by atoms with Crippen LogP contribution in [0.1, 0.15) is 41.2 Å². The van der Waals surface area contributed by atoms with Crippen molar-refractivity contribution in [2.75, 3.05) is 27.4 Å². The molecule has 2 atom stereocenters. The number of fused-ring (bicyclic) bond motifs is 2. The summed E-state index contributed by atoms with van der Waals surface area (Å²) < 4.78 is 24.6. The van der Waals surface area contributed by atoms with E-state index in [1.807, 2.05) is 12.1 Å². The lowest BCUT2D eigenvalue weighted by atomic mass is 10.0. The van der Waals surface area contributed by atoms with Crippen molar-refractivity contribution in [3.8, 4) is 23.0 Å². The minimum absolute atomic E-state index is 0.0765. The Hall–Kier alpha value is -3.25. The SMILES string of the molecule is COc1cc2sc(CCC(C)C(=O)O)cc2c(Cl)c1OCCOc1c(OC)cc2sc(C(=O)CC(C)C(=O)O)cc2c1Cl. The van der Waals surface area contributed by atoms with Gasteiger partial charge in [0, 0.05) is 43.6 Å². The van der Waals surface area contributed by atoms with E-state index < -0.39 is 23.8 Å². The summed E-state index contributed by atoms with van der Waals surface area (Å²) in [6, 6.07) is 7.15. The van der Waals surface area contributed by atoms with Crippen molar-refractivity contribution >= 4 is 83.8 Å². The van der Waals surface area contributed by atoms with Gasteiger partial charge in [-0.1, -0.05) is 37.0 Å². The zero-order valence-corrected chi connectivity index (χ0v) is 27.0. The maximum atomic E-state index is 12.7. The minimum Gasteiger partial charge on any atom is -0.493 e. The molecule has 0 aliphatic rings. The van der Waals surface area contributed by atoms with Crippen LogP contribution in [0.5, 0.6) is 23.0 Å². The number of rotatable bonds is 15. The molecule has 0 spiro atoms. The van der Waals surface area contributed by atoms with Crippen LogP contribution in [-0.4, -0.2) is 55.4 Å². The first-order valence-corrected chi connectivity index (χ1v) is 15.7. The van der Waals surface area contributed by atoms with Crippen molar-refractivity contribution < 1.29 is 43.5 Å². The minimum atomic E-state index is -1.03. The number of aliphatic carboxylic acids is 2. The number of methoxy groups -OCH3 is 2. The van der Waals surface area contributed by atoms with Gasteiger partial charge in [0.25, 0.3) is 0 Å². The van der Waals surface area contributed by atoms with Gasteiger partial charge in [-0.25, -0.2) is 0 Å². The standard InChI is InChI=1S/C30H30Cl2O9S2/c1-14(29(34)35)5-6-16-10-17-22(42-16)12-20(38-3)27(25(17)31)40-7-8-41-28-21(39-4)13-23-18(26(28)32)11-24(43-23)19(33)9-15(2)30(36)37/h10-15H,5-9H2,1-4H3,(H,34,35)(H,36,37). The number of carbonyl (C=O) groups is 3. The normalized spacial score (nSPS) is 12.7. The zero-order valence-electron chi connectivity index (χ0n) is 23.8. The molecule has 0 aliphatic heterocycles. The highest BCUT2D eigenvalue weighted by atomic mass is 35.5. The Morgan fingerprint density at radius 1 is 0.791 bits per heavy atom. The molecule has 2 N–H and O–H groups in total. The predicted molar refractivity (Wildman–Crippen MR) is 169 cm³/mol. The summed E-state index contributed by atoms with van der Waals surface area (Å²) in [5, 5.41) is 20.3. The first-order valence-electron chi connectivity index (χ1n) is 13.3. The molecule has 0 saturated heterocycles. The maximum Gasteiger partial charge on any atom is 0.306 e. The smallest absolute Gasteiger partial charge is 0.306 e. The lowest BCUT2D eigenvalue weighted by Crippen LogP contribution is -2.13. The summed E-state index contributed by atoms with van der Waals surface area (Å²) in [4.78, 5) is 36.4. The molecule has 2 aromatic carbocycles. The molecule has 2 heterocycles. The highest BCUT2D eigenvalue weighted by molar-refractivity contribution is 7.21. The largest absolute Gasteiger partial charge is 0.493 e. The average Bonchev–Trinajstić information content (AvgIpc) is 3.60. The van der Waals surface area contributed by atoms with Gasteiger partial charge < -0.3 is 29.2 Å². The van der Waals surface area contributed by atoms with Crippen LogP contribution in [0.4, 0.5) is 0 Å². The van der Waals surface area contributed by atoms with Crippen molar-refractivity contribution in [1.29, 1.82) is 0 Å². The summed E-state index contributed by atoms with van der Waals surface area (Å²) in [5.74, 6) is -1.92. The molecular weight excluding hydrogens is 639 g/mol. The number of halogens is 2. The second kappa shape index (κ2) is 14.0. The summed E-state index contributed by atoms with van der Waals surface area (Å²) in [5.41, 5.74) is 0. The van der Waals surface area contributed by atoms with Crippen molar-refractivity contribution in [2.24, 2.45) is 11.8 Å². The van der Waals surface area contributed by atoms with Gasteiger partial charge in [0.05, 0.1) is 41.0 Å². The molecule has 230 valence electrons. The Balaban J connectivity index is 1.48. The number of aryl methyl sites for hydroxylation is 1. The molecule has 0 aliphatic carbocycles. The summed E-state index contributed by atoms with van der Waals surface area (Å²) in [7, 11) is 3.00. The van der Waals surface area contributed by atoms with E-state index in [1.165, 1.54) is 43.8 Å². The molecule has 0 amide bonds. The summed E-state index contributed by atoms with van der Waals surface area (Å²) in [6.45, 7) is 3.34. The number of carbonyl (C=O) groups excluding carboxylic acids is 1. The first kappa shape index (κ1) is 32.7. The number of carboxylic acid groups (broad SMARTS) is 2. The average molecular weight is 670 g/mol. The van der Waals surface area contributed by atoms with Gasteiger partial charge in [0.1, 0.15) is 13.2 Å². The molecule has 2 unspecified atom stereocenters. The van der Waals surface area contributed by atoms with Crippen LogP contribution in [0.3, 0.4) is 0 Å². The highest BCUT2D eigenvalue weighted by Crippen LogP contribution is 2.46. The Kier molecular flexibility index (Phi) is 10.7. The number of benzene rings is 2.